The molecule has 2 nitrogen and oxygen atoms in total. The molecular formula is C5H11O2P. The molecule has 1 unspecified atom stereocenters. The van der Waals surface area contributed by atoms with E-state index in [4.69, 9.17) is 4.52 Å². The lowest BCUT2D eigenvalue weighted by Crippen LogP contribution is -1.75. The van der Waals surface area contributed by atoms with Crippen LogP contribution in [-0.4, -0.2) is 6.61 Å². The molecule has 0 aliphatic rings. The van der Waals surface area contributed by atoms with Crippen molar-refractivity contribution in [1.82, 2.24) is 0 Å². The lowest BCUT2D eigenvalue weighted by atomic mass is 10.8. The highest BCUT2D eigenvalue weighted by Gasteiger charge is 1.94. The topological polar surface area (TPSA) is 26.3 Å². The van der Waals surface area contributed by atoms with Crippen molar-refractivity contribution in [1.29, 1.82) is 0 Å². The fourth-order valence-electron chi connectivity index (χ4n) is 0.254. The first-order chi connectivity index (χ1) is 3.68. The van der Waals surface area contributed by atoms with E-state index in [0.29, 0.717) is 11.9 Å². The molecule has 0 aliphatic heterocycles. The maximum atomic E-state index is 10.6. The molecule has 0 rings (SSSR count). The molecule has 0 saturated carbocycles. The molecular weight excluding hydrogens is 123 g/mol. The van der Waals surface area contributed by atoms with Gasteiger partial charge in [-0.3, -0.25) is 4.57 Å². The predicted octanol–water partition coefficient (Wildman–Crippen LogP) is 2.03. The van der Waals surface area contributed by atoms with Gasteiger partial charge in [0.05, 0.1) is 6.61 Å². The van der Waals surface area contributed by atoms with Gasteiger partial charge in [-0.05, 0) is 13.8 Å². The summed E-state index contributed by atoms with van der Waals surface area (Å²) in [4.78, 5) is 0. The Hall–Kier alpha value is -0.0700. The van der Waals surface area contributed by atoms with Gasteiger partial charge in [-0.15, -0.1) is 0 Å². The normalized spacial score (nSPS) is 13.2. The van der Waals surface area contributed by atoms with Crippen LogP contribution in [0.15, 0.2) is 11.9 Å². The Morgan fingerprint density at radius 1 is 1.88 bits per heavy atom. The summed E-state index contributed by atoms with van der Waals surface area (Å²) in [5.41, 5.74) is 0. The van der Waals surface area contributed by atoms with Crippen LogP contribution in [0.25, 0.3) is 0 Å². The first-order valence-electron chi connectivity index (χ1n) is 2.51. The summed E-state index contributed by atoms with van der Waals surface area (Å²) in [6, 6.07) is 0. The average Bonchev–Trinajstić information content (AvgIpc) is 1.67. The zero-order chi connectivity index (χ0) is 6.57. The molecule has 0 aromatic carbocycles. The van der Waals surface area contributed by atoms with Gasteiger partial charge in [0.2, 0.25) is 8.03 Å². The van der Waals surface area contributed by atoms with Gasteiger partial charge in [-0.1, -0.05) is 6.58 Å². The molecule has 8 heavy (non-hydrogen) atoms. The van der Waals surface area contributed by atoms with Gasteiger partial charge in [-0.2, -0.15) is 0 Å². The van der Waals surface area contributed by atoms with Gasteiger partial charge in [0, 0.05) is 5.31 Å². The van der Waals surface area contributed by atoms with Crippen LogP contribution in [0.1, 0.15) is 13.8 Å². The molecule has 0 fully saturated rings. The number of allylic oxidation sites excluding steroid dienone is 1. The second-order valence-electron chi connectivity index (χ2n) is 1.50. The summed E-state index contributed by atoms with van der Waals surface area (Å²) in [6.45, 7) is 7.50. The van der Waals surface area contributed by atoms with E-state index in [9.17, 15) is 4.57 Å². The highest BCUT2D eigenvalue weighted by molar-refractivity contribution is 7.44. The minimum atomic E-state index is -1.90. The molecule has 48 valence electrons. The third-order valence-electron chi connectivity index (χ3n) is 0.624. The second kappa shape index (κ2) is 3.88. The summed E-state index contributed by atoms with van der Waals surface area (Å²) in [7, 11) is -1.90. The van der Waals surface area contributed by atoms with Gasteiger partial charge in [0.1, 0.15) is 0 Å². The molecule has 0 aromatic rings. The molecule has 0 heterocycles. The monoisotopic (exact) mass is 134 g/mol. The molecule has 0 amide bonds. The van der Waals surface area contributed by atoms with Crippen LogP contribution in [0.4, 0.5) is 0 Å². The lowest BCUT2D eigenvalue weighted by Gasteiger charge is -1.96. The van der Waals surface area contributed by atoms with Crippen LogP contribution in [0.5, 0.6) is 0 Å². The van der Waals surface area contributed by atoms with E-state index >= 15 is 0 Å². The lowest BCUT2D eigenvalue weighted by molar-refractivity contribution is 0.355. The van der Waals surface area contributed by atoms with Crippen molar-refractivity contribution in [2.24, 2.45) is 0 Å². The molecule has 1 atom stereocenters. The van der Waals surface area contributed by atoms with E-state index in [-0.39, 0.29) is 0 Å². The Morgan fingerprint density at radius 3 is 2.50 bits per heavy atom. The van der Waals surface area contributed by atoms with Gasteiger partial charge in [-0.25, -0.2) is 0 Å². The highest BCUT2D eigenvalue weighted by Crippen LogP contribution is 2.30. The molecule has 0 N–H and O–H groups in total. The molecule has 0 aliphatic carbocycles. The van der Waals surface area contributed by atoms with Crippen LogP contribution in [-0.2, 0) is 9.09 Å². The van der Waals surface area contributed by atoms with Crippen molar-refractivity contribution in [3.63, 3.8) is 0 Å². The van der Waals surface area contributed by atoms with E-state index in [1.165, 1.54) is 0 Å². The van der Waals surface area contributed by atoms with Crippen LogP contribution in [0, 0.1) is 0 Å². The van der Waals surface area contributed by atoms with E-state index in [1.807, 2.05) is 6.92 Å². The van der Waals surface area contributed by atoms with Gasteiger partial charge < -0.3 is 4.52 Å². The third-order valence-corrected chi connectivity index (χ3v) is 1.87. The maximum Gasteiger partial charge on any atom is 0.215 e. The summed E-state index contributed by atoms with van der Waals surface area (Å²) in [5.74, 6) is 0. The Morgan fingerprint density at radius 2 is 2.38 bits per heavy atom. The van der Waals surface area contributed by atoms with Crippen molar-refractivity contribution in [3.05, 3.63) is 11.9 Å². The highest BCUT2D eigenvalue weighted by atomic mass is 31.1. The second-order valence-corrected chi connectivity index (χ2v) is 3.22. The molecule has 0 bridgehead atoms. The van der Waals surface area contributed by atoms with Crippen molar-refractivity contribution in [2.75, 3.05) is 6.61 Å². The molecule has 0 spiro atoms. The van der Waals surface area contributed by atoms with Crippen molar-refractivity contribution in [3.8, 4) is 0 Å². The summed E-state index contributed by atoms with van der Waals surface area (Å²) < 4.78 is 15.4. The largest absolute Gasteiger partial charge is 0.328 e. The van der Waals surface area contributed by atoms with Crippen LogP contribution in [0.2, 0.25) is 0 Å². The Labute approximate surface area is 50.4 Å². The summed E-state index contributed by atoms with van der Waals surface area (Å²) in [5, 5.41) is 0.636. The maximum absolute atomic E-state index is 10.6. The minimum absolute atomic E-state index is 0.505. The Bertz CT molecular complexity index is 109. The van der Waals surface area contributed by atoms with E-state index < -0.39 is 8.03 Å². The van der Waals surface area contributed by atoms with Gasteiger partial charge in [0.15, 0.2) is 0 Å². The number of rotatable bonds is 3. The molecule has 3 heteroatoms. The van der Waals surface area contributed by atoms with E-state index in [2.05, 4.69) is 6.58 Å². The smallest absolute Gasteiger partial charge is 0.215 e. The summed E-state index contributed by atoms with van der Waals surface area (Å²) in [6.07, 6.45) is 0. The number of hydrogen-bond acceptors (Lipinski definition) is 2. The fourth-order valence-corrected chi connectivity index (χ4v) is 0.763. The minimum Gasteiger partial charge on any atom is -0.328 e. The zero-order valence-electron chi connectivity index (χ0n) is 5.23. The van der Waals surface area contributed by atoms with E-state index in [1.54, 1.807) is 6.92 Å². The molecule has 0 radical (unpaired) electrons. The quantitative estimate of drug-likeness (QED) is 0.552. The first kappa shape index (κ1) is 7.93. The Balaban J connectivity index is 3.49. The van der Waals surface area contributed by atoms with Gasteiger partial charge >= 0.3 is 0 Å². The van der Waals surface area contributed by atoms with Crippen LogP contribution < -0.4 is 0 Å². The van der Waals surface area contributed by atoms with Gasteiger partial charge in [0.25, 0.3) is 0 Å². The Kier molecular flexibility index (Phi) is 3.84. The zero-order valence-corrected chi connectivity index (χ0v) is 6.23. The standard InChI is InChI=1S/C5H11O2P/c1-4-7-8(6)5(2)3/h8H,2,4H2,1,3H3. The average molecular weight is 134 g/mol. The first-order valence-corrected chi connectivity index (χ1v) is 3.82. The third kappa shape index (κ3) is 3.00. The fraction of sp³-hybridized carbons (Fsp3) is 0.600. The van der Waals surface area contributed by atoms with Crippen LogP contribution in [0.3, 0.4) is 0 Å². The summed E-state index contributed by atoms with van der Waals surface area (Å²) >= 11 is 0. The van der Waals surface area contributed by atoms with Crippen molar-refractivity contribution >= 4 is 8.03 Å². The number of hydrogen-bond donors (Lipinski definition) is 0. The van der Waals surface area contributed by atoms with Crippen LogP contribution >= 0.6 is 8.03 Å². The van der Waals surface area contributed by atoms with Crippen molar-refractivity contribution in [2.45, 2.75) is 13.8 Å². The predicted molar refractivity (Wildman–Crippen MR) is 35.4 cm³/mol. The van der Waals surface area contributed by atoms with E-state index in [0.717, 1.165) is 0 Å². The molecule has 0 saturated heterocycles. The molecule has 0 aromatic heterocycles. The SMILES string of the molecule is C=C(C)[PH](=O)OCC. The van der Waals surface area contributed by atoms with Crippen molar-refractivity contribution < 1.29 is 9.09 Å².